The van der Waals surface area contributed by atoms with Crippen molar-refractivity contribution in [1.29, 1.82) is 5.26 Å². The standard InChI is InChI=1S/C20H23N5O2S/c1-4-11-25-18(14-5-9-16(27-3)10-6-14)23-24-19(25)28-12-17(26)22-20(2,13-21)15-7-8-15/h4-6,9-10,15H,1,7-8,11-12H2,2-3H3,(H,22,26)/t20-/m1/s1. The summed E-state index contributed by atoms with van der Waals surface area (Å²) in [5.74, 6) is 1.70. The maximum atomic E-state index is 12.4. The predicted octanol–water partition coefficient (Wildman–Crippen LogP) is 3.04. The molecule has 1 aromatic carbocycles. The fraction of sp³-hybridized carbons (Fsp3) is 0.400. The summed E-state index contributed by atoms with van der Waals surface area (Å²) >= 11 is 1.30. The van der Waals surface area contributed by atoms with Gasteiger partial charge in [-0.1, -0.05) is 17.8 Å². The monoisotopic (exact) mass is 397 g/mol. The molecular formula is C20H23N5O2S. The number of carbonyl (C=O) groups excluding carboxylic acids is 1. The van der Waals surface area contributed by atoms with Crippen LogP contribution in [0.1, 0.15) is 19.8 Å². The number of ether oxygens (including phenoxy) is 1. The van der Waals surface area contributed by atoms with Crippen LogP contribution < -0.4 is 10.1 Å². The number of aromatic nitrogens is 3. The number of hydrogen-bond acceptors (Lipinski definition) is 6. The second kappa shape index (κ2) is 8.48. The Morgan fingerprint density at radius 2 is 2.18 bits per heavy atom. The van der Waals surface area contributed by atoms with E-state index in [9.17, 15) is 10.1 Å². The van der Waals surface area contributed by atoms with Gasteiger partial charge in [0.2, 0.25) is 5.91 Å². The summed E-state index contributed by atoms with van der Waals surface area (Å²) in [6.45, 7) is 6.11. The van der Waals surface area contributed by atoms with Crippen molar-refractivity contribution in [1.82, 2.24) is 20.1 Å². The van der Waals surface area contributed by atoms with Gasteiger partial charge in [0.05, 0.1) is 18.9 Å². The van der Waals surface area contributed by atoms with Crippen molar-refractivity contribution in [3.05, 3.63) is 36.9 Å². The first-order valence-electron chi connectivity index (χ1n) is 9.04. The van der Waals surface area contributed by atoms with Crippen LogP contribution in [-0.2, 0) is 11.3 Å². The molecule has 0 saturated heterocycles. The van der Waals surface area contributed by atoms with E-state index < -0.39 is 5.54 Å². The smallest absolute Gasteiger partial charge is 0.231 e. The summed E-state index contributed by atoms with van der Waals surface area (Å²) in [7, 11) is 1.62. The van der Waals surface area contributed by atoms with Crippen LogP contribution in [0.25, 0.3) is 11.4 Å². The van der Waals surface area contributed by atoms with Crippen LogP contribution in [-0.4, -0.2) is 39.1 Å². The number of nitrogens with one attached hydrogen (secondary N) is 1. The summed E-state index contributed by atoms with van der Waals surface area (Å²) in [5.41, 5.74) is 0.109. The summed E-state index contributed by atoms with van der Waals surface area (Å²) in [6.07, 6.45) is 3.73. The van der Waals surface area contributed by atoms with Gasteiger partial charge >= 0.3 is 0 Å². The van der Waals surface area contributed by atoms with Gasteiger partial charge in [-0.15, -0.1) is 16.8 Å². The lowest BCUT2D eigenvalue weighted by Crippen LogP contribution is -2.47. The highest BCUT2D eigenvalue weighted by Crippen LogP contribution is 2.39. The lowest BCUT2D eigenvalue weighted by Gasteiger charge is -2.22. The number of rotatable bonds is 9. The Bertz CT molecular complexity index is 898. The van der Waals surface area contributed by atoms with E-state index in [1.165, 1.54) is 11.8 Å². The van der Waals surface area contributed by atoms with Crippen LogP contribution in [0, 0.1) is 17.2 Å². The molecule has 0 aliphatic heterocycles. The van der Waals surface area contributed by atoms with Gasteiger partial charge in [0.1, 0.15) is 11.3 Å². The number of amides is 1. The third-order valence-corrected chi connectivity index (χ3v) is 5.70. The molecule has 1 aliphatic carbocycles. The molecule has 1 saturated carbocycles. The highest BCUT2D eigenvalue weighted by molar-refractivity contribution is 7.99. The zero-order chi connectivity index (χ0) is 20.1. The van der Waals surface area contributed by atoms with Crippen LogP contribution in [0.4, 0.5) is 0 Å². The fourth-order valence-electron chi connectivity index (χ4n) is 2.98. The molecule has 1 amide bonds. The topological polar surface area (TPSA) is 92.8 Å². The number of methoxy groups -OCH3 is 1. The average molecular weight is 398 g/mol. The Kier molecular flexibility index (Phi) is 6.05. The van der Waals surface area contributed by atoms with E-state index in [4.69, 9.17) is 4.74 Å². The molecule has 1 aromatic heterocycles. The zero-order valence-corrected chi connectivity index (χ0v) is 16.8. The lowest BCUT2D eigenvalue weighted by molar-refractivity contribution is -0.119. The van der Waals surface area contributed by atoms with Crippen molar-refractivity contribution in [3.63, 3.8) is 0 Å². The zero-order valence-electron chi connectivity index (χ0n) is 16.0. The lowest BCUT2D eigenvalue weighted by atomic mass is 9.98. The van der Waals surface area contributed by atoms with E-state index >= 15 is 0 Å². The third-order valence-electron chi connectivity index (χ3n) is 4.73. The van der Waals surface area contributed by atoms with Crippen molar-refractivity contribution in [3.8, 4) is 23.2 Å². The van der Waals surface area contributed by atoms with Crippen molar-refractivity contribution in [2.24, 2.45) is 5.92 Å². The van der Waals surface area contributed by atoms with E-state index in [1.54, 1.807) is 20.1 Å². The molecule has 1 atom stereocenters. The minimum Gasteiger partial charge on any atom is -0.497 e. The largest absolute Gasteiger partial charge is 0.497 e. The Morgan fingerprint density at radius 1 is 1.46 bits per heavy atom. The van der Waals surface area contributed by atoms with Crippen molar-refractivity contribution >= 4 is 17.7 Å². The van der Waals surface area contributed by atoms with Crippen LogP contribution in [0.15, 0.2) is 42.1 Å². The number of benzene rings is 1. The van der Waals surface area contributed by atoms with Crippen LogP contribution in [0.2, 0.25) is 0 Å². The first-order chi connectivity index (χ1) is 13.5. The van der Waals surface area contributed by atoms with Gasteiger partial charge < -0.3 is 10.1 Å². The minimum absolute atomic E-state index is 0.169. The number of hydrogen-bond donors (Lipinski definition) is 1. The Morgan fingerprint density at radius 3 is 2.75 bits per heavy atom. The molecule has 8 heteroatoms. The Hall–Kier alpha value is -2.79. The molecular weight excluding hydrogens is 374 g/mol. The molecule has 7 nitrogen and oxygen atoms in total. The summed E-state index contributed by atoms with van der Waals surface area (Å²) < 4.78 is 7.11. The van der Waals surface area contributed by atoms with Crippen LogP contribution in [0.3, 0.4) is 0 Å². The van der Waals surface area contributed by atoms with E-state index in [2.05, 4.69) is 28.2 Å². The summed E-state index contributed by atoms with van der Waals surface area (Å²) in [6, 6.07) is 9.80. The molecule has 1 N–H and O–H groups in total. The normalized spacial score (nSPS) is 15.3. The minimum atomic E-state index is -0.791. The predicted molar refractivity (Wildman–Crippen MR) is 108 cm³/mol. The second-order valence-electron chi connectivity index (χ2n) is 6.86. The summed E-state index contributed by atoms with van der Waals surface area (Å²) in [4.78, 5) is 12.4. The van der Waals surface area contributed by atoms with Gasteiger partial charge in [-0.25, -0.2) is 0 Å². The first kappa shape index (κ1) is 20.0. The van der Waals surface area contributed by atoms with Gasteiger partial charge in [-0.3, -0.25) is 9.36 Å². The maximum absolute atomic E-state index is 12.4. The molecule has 146 valence electrons. The maximum Gasteiger partial charge on any atom is 0.231 e. The van der Waals surface area contributed by atoms with Crippen molar-refractivity contribution < 1.29 is 9.53 Å². The second-order valence-corrected chi connectivity index (χ2v) is 7.80. The quantitative estimate of drug-likeness (QED) is 0.516. The molecule has 0 unspecified atom stereocenters. The highest BCUT2D eigenvalue weighted by Gasteiger charge is 2.42. The van der Waals surface area contributed by atoms with E-state index in [-0.39, 0.29) is 17.6 Å². The average Bonchev–Trinajstić information content (AvgIpc) is 3.50. The molecule has 1 fully saturated rings. The molecule has 28 heavy (non-hydrogen) atoms. The van der Waals surface area contributed by atoms with Gasteiger partial charge in [-0.2, -0.15) is 5.26 Å². The number of nitriles is 1. The summed E-state index contributed by atoms with van der Waals surface area (Å²) in [5, 5.41) is 21.4. The van der Waals surface area contributed by atoms with E-state index in [0.717, 1.165) is 24.2 Å². The number of nitrogens with zero attached hydrogens (tertiary/aromatic N) is 4. The van der Waals surface area contributed by atoms with E-state index in [0.29, 0.717) is 17.5 Å². The van der Waals surface area contributed by atoms with Crippen LogP contribution in [0.5, 0.6) is 5.75 Å². The van der Waals surface area contributed by atoms with Gasteiger partial charge in [-0.05, 0) is 49.9 Å². The molecule has 0 spiro atoms. The number of allylic oxidation sites excluding steroid dienone is 1. The Labute approximate surface area is 168 Å². The SMILES string of the molecule is C=CCn1c(SCC(=O)N[C@](C)(C#N)C2CC2)nnc1-c1ccc(OC)cc1. The number of carbonyl (C=O) groups is 1. The molecule has 0 bridgehead atoms. The molecule has 3 rings (SSSR count). The van der Waals surface area contributed by atoms with Gasteiger partial charge in [0.15, 0.2) is 11.0 Å². The van der Waals surface area contributed by atoms with Crippen molar-refractivity contribution in [2.75, 3.05) is 12.9 Å². The highest BCUT2D eigenvalue weighted by atomic mass is 32.2. The van der Waals surface area contributed by atoms with Gasteiger partial charge in [0, 0.05) is 12.1 Å². The molecule has 0 radical (unpaired) electrons. The van der Waals surface area contributed by atoms with Gasteiger partial charge in [0.25, 0.3) is 0 Å². The molecule has 1 aliphatic rings. The number of thioether (sulfide) groups is 1. The van der Waals surface area contributed by atoms with Crippen molar-refractivity contribution in [2.45, 2.75) is 37.0 Å². The fourth-order valence-corrected chi connectivity index (χ4v) is 3.73. The molecule has 1 heterocycles. The first-order valence-corrected chi connectivity index (χ1v) is 10.0. The third kappa shape index (κ3) is 4.37. The Balaban J connectivity index is 1.71. The molecule has 2 aromatic rings. The van der Waals surface area contributed by atoms with Crippen LogP contribution >= 0.6 is 11.8 Å². The van der Waals surface area contributed by atoms with E-state index in [1.807, 2.05) is 28.8 Å².